The molecule has 186 valence electrons. The Balaban J connectivity index is 1.80. The Labute approximate surface area is 213 Å². The fraction of sp³-hybridized carbons (Fsp3) is 0.640. The molecule has 1 spiro atoms. The number of likely N-dealkylation sites (tertiary alicyclic amines) is 1. The summed E-state index contributed by atoms with van der Waals surface area (Å²) in [5, 5.41) is 16.1. The topological polar surface area (TPSA) is 98.7 Å². The lowest BCUT2D eigenvalue weighted by Gasteiger charge is -2.38. The average Bonchev–Trinajstić information content (AvgIpc) is 3.37. The first-order chi connectivity index (χ1) is 16.0. The van der Waals surface area contributed by atoms with Crippen molar-refractivity contribution in [3.8, 4) is 0 Å². The van der Waals surface area contributed by atoms with Crippen LogP contribution in [-0.4, -0.2) is 68.3 Å². The average molecular weight is 553 g/mol. The van der Waals surface area contributed by atoms with Gasteiger partial charge in [0.25, 0.3) is 0 Å². The molecule has 7 atom stereocenters. The van der Waals surface area contributed by atoms with Crippen molar-refractivity contribution >= 4 is 51.1 Å². The van der Waals surface area contributed by atoms with E-state index < -0.39 is 28.7 Å². The molecule has 1 aromatic carbocycles. The first kappa shape index (κ1) is 25.5. The molecular formula is C25H34BrN3O4S. The number of fused-ring (bicyclic) bond motifs is 1. The van der Waals surface area contributed by atoms with Gasteiger partial charge in [0, 0.05) is 22.8 Å². The van der Waals surface area contributed by atoms with Crippen molar-refractivity contribution < 1.29 is 19.5 Å². The molecule has 3 amide bonds. The van der Waals surface area contributed by atoms with E-state index in [-0.39, 0.29) is 40.3 Å². The predicted molar refractivity (Wildman–Crippen MR) is 138 cm³/mol. The predicted octanol–water partition coefficient (Wildman–Crippen LogP) is 2.86. The normalized spacial score (nSPS) is 32.8. The molecule has 0 radical (unpaired) electrons. The Morgan fingerprint density at radius 2 is 2.00 bits per heavy atom. The number of nitrogens with one attached hydrogen (secondary N) is 2. The number of amides is 3. The minimum absolute atomic E-state index is 0.0254. The van der Waals surface area contributed by atoms with Crippen LogP contribution in [0.1, 0.15) is 37.8 Å². The van der Waals surface area contributed by atoms with E-state index in [4.69, 9.17) is 0 Å². The Kier molecular flexibility index (Phi) is 7.10. The molecule has 3 N–H and O–H groups in total. The van der Waals surface area contributed by atoms with Crippen LogP contribution in [0.4, 0.5) is 5.69 Å². The van der Waals surface area contributed by atoms with Gasteiger partial charge in [-0.2, -0.15) is 0 Å². The van der Waals surface area contributed by atoms with E-state index in [2.05, 4.69) is 26.6 Å². The molecule has 0 aromatic heterocycles. The lowest BCUT2D eigenvalue weighted by Crippen LogP contribution is -2.55. The van der Waals surface area contributed by atoms with Crippen molar-refractivity contribution in [1.29, 1.82) is 0 Å². The van der Waals surface area contributed by atoms with E-state index in [1.165, 1.54) is 0 Å². The van der Waals surface area contributed by atoms with Gasteiger partial charge in [0.15, 0.2) is 0 Å². The highest BCUT2D eigenvalue weighted by Crippen LogP contribution is 2.68. The third-order valence-electron chi connectivity index (χ3n) is 7.52. The molecule has 3 unspecified atom stereocenters. The van der Waals surface area contributed by atoms with E-state index in [1.807, 2.05) is 45.9 Å². The van der Waals surface area contributed by atoms with Gasteiger partial charge < -0.3 is 20.6 Å². The van der Waals surface area contributed by atoms with Crippen LogP contribution in [0.15, 0.2) is 18.2 Å². The molecule has 3 aliphatic heterocycles. The molecule has 0 saturated carbocycles. The van der Waals surface area contributed by atoms with Crippen LogP contribution in [0, 0.1) is 31.6 Å². The second-order valence-corrected chi connectivity index (χ2v) is 13.0. The Hall–Kier alpha value is -1.58. The van der Waals surface area contributed by atoms with Crippen molar-refractivity contribution in [2.45, 2.75) is 67.4 Å². The summed E-state index contributed by atoms with van der Waals surface area (Å²) < 4.78 is -0.723. The zero-order chi connectivity index (χ0) is 24.9. The number of aliphatic hydroxyl groups excluding tert-OH is 1. The number of anilines is 1. The van der Waals surface area contributed by atoms with Gasteiger partial charge in [0.1, 0.15) is 6.04 Å². The number of hydrogen-bond acceptors (Lipinski definition) is 5. The summed E-state index contributed by atoms with van der Waals surface area (Å²) in [5.41, 5.74) is 2.69. The number of carbonyl (C=O) groups excluding carboxylic acids is 3. The Morgan fingerprint density at radius 3 is 2.62 bits per heavy atom. The first-order valence-electron chi connectivity index (χ1n) is 11.9. The molecule has 7 nitrogen and oxygen atoms in total. The quantitative estimate of drug-likeness (QED) is 0.452. The molecule has 2 bridgehead atoms. The summed E-state index contributed by atoms with van der Waals surface area (Å²) in [6, 6.07) is 4.63. The maximum atomic E-state index is 14.0. The number of hydrogen-bond donors (Lipinski definition) is 3. The van der Waals surface area contributed by atoms with Gasteiger partial charge in [0.05, 0.1) is 29.2 Å². The fourth-order valence-corrected chi connectivity index (χ4v) is 9.72. The van der Waals surface area contributed by atoms with Crippen LogP contribution in [0.5, 0.6) is 0 Å². The molecule has 34 heavy (non-hydrogen) atoms. The number of thioether (sulfide) groups is 1. The third-order valence-corrected chi connectivity index (χ3v) is 10.7. The van der Waals surface area contributed by atoms with Crippen molar-refractivity contribution in [3.63, 3.8) is 0 Å². The van der Waals surface area contributed by atoms with Crippen LogP contribution in [-0.2, 0) is 14.4 Å². The van der Waals surface area contributed by atoms with Crippen LogP contribution in [0.3, 0.4) is 0 Å². The second-order valence-electron chi connectivity index (χ2n) is 10.3. The Morgan fingerprint density at radius 1 is 1.29 bits per heavy atom. The van der Waals surface area contributed by atoms with Gasteiger partial charge >= 0.3 is 0 Å². The number of halogens is 1. The van der Waals surface area contributed by atoms with Crippen molar-refractivity contribution in [2.75, 3.05) is 19.0 Å². The van der Waals surface area contributed by atoms with Gasteiger partial charge in [-0.1, -0.05) is 41.9 Å². The molecule has 9 heteroatoms. The van der Waals surface area contributed by atoms with E-state index in [0.29, 0.717) is 12.8 Å². The van der Waals surface area contributed by atoms with Crippen LogP contribution in [0.25, 0.3) is 0 Å². The maximum absolute atomic E-state index is 14.0. The summed E-state index contributed by atoms with van der Waals surface area (Å²) in [6.45, 7) is 7.76. The lowest BCUT2D eigenvalue weighted by molar-refractivity contribution is -0.142. The van der Waals surface area contributed by atoms with Crippen LogP contribution >= 0.6 is 27.7 Å². The van der Waals surface area contributed by atoms with E-state index in [0.717, 1.165) is 16.8 Å². The molecule has 0 aliphatic carbocycles. The highest BCUT2D eigenvalue weighted by molar-refractivity contribution is 9.09. The highest BCUT2D eigenvalue weighted by atomic mass is 79.9. The number of benzene rings is 1. The van der Waals surface area contributed by atoms with Crippen LogP contribution in [0.2, 0.25) is 0 Å². The summed E-state index contributed by atoms with van der Waals surface area (Å²) in [4.78, 5) is 42.6. The monoisotopic (exact) mass is 551 g/mol. The largest absolute Gasteiger partial charge is 0.394 e. The number of carbonyl (C=O) groups is 3. The minimum atomic E-state index is -0.773. The smallest absolute Gasteiger partial charge is 0.248 e. The van der Waals surface area contributed by atoms with Gasteiger partial charge in [-0.15, -0.1) is 11.8 Å². The van der Waals surface area contributed by atoms with Gasteiger partial charge in [-0.3, -0.25) is 14.4 Å². The SMILES string of the molecule is CNC(=O)[C@H]1[C@H]2C(=O)N([C@@H](CO)CC(C)C)C(C(=O)Nc3cc(C)ccc3C)C23CC(Br)[C@@H]1S3. The summed E-state index contributed by atoms with van der Waals surface area (Å²) in [6.07, 6.45) is 1.20. The minimum Gasteiger partial charge on any atom is -0.394 e. The fourth-order valence-electron chi connectivity index (χ4n) is 6.12. The molecule has 4 rings (SSSR count). The molecular weight excluding hydrogens is 518 g/mol. The van der Waals surface area contributed by atoms with Gasteiger partial charge in [0.2, 0.25) is 17.7 Å². The molecule has 3 saturated heterocycles. The number of alkyl halides is 1. The Bertz CT molecular complexity index is 1000. The summed E-state index contributed by atoms with van der Waals surface area (Å²) >= 11 is 5.36. The second kappa shape index (κ2) is 9.47. The number of aryl methyl sites for hydroxylation is 2. The third kappa shape index (κ3) is 3.97. The first-order valence-corrected chi connectivity index (χ1v) is 13.7. The van der Waals surface area contributed by atoms with Crippen molar-refractivity contribution in [1.82, 2.24) is 10.2 Å². The zero-order valence-corrected chi connectivity index (χ0v) is 22.7. The molecule has 3 aliphatic rings. The van der Waals surface area contributed by atoms with Gasteiger partial charge in [-0.25, -0.2) is 0 Å². The summed E-state index contributed by atoms with van der Waals surface area (Å²) in [5.74, 6) is -1.48. The number of nitrogens with zero attached hydrogens (tertiary/aromatic N) is 1. The standard InChI is InChI=1S/C25H34BrN3O4S/c1-12(2)8-15(11-30)29-21(23(32)28-17-9-13(3)6-7-14(17)4)25-10-16(26)20(34-25)18(22(31)27-5)19(25)24(29)33/h6-7,9,12,15-16,18-21,30H,8,10-11H2,1-5H3,(H,27,31)(H,28,32)/t15-,16?,18+,19+,20+,21?,25?/m1/s1. The van der Waals surface area contributed by atoms with E-state index in [9.17, 15) is 19.5 Å². The van der Waals surface area contributed by atoms with Crippen LogP contribution < -0.4 is 10.6 Å². The van der Waals surface area contributed by atoms with Crippen molar-refractivity contribution in [2.24, 2.45) is 17.8 Å². The number of aliphatic hydroxyl groups is 1. The molecule has 3 heterocycles. The molecule has 1 aromatic rings. The van der Waals surface area contributed by atoms with Gasteiger partial charge in [-0.05, 0) is 49.8 Å². The number of rotatable bonds is 7. The molecule has 3 fully saturated rings. The highest BCUT2D eigenvalue weighted by Gasteiger charge is 2.76. The maximum Gasteiger partial charge on any atom is 0.248 e. The van der Waals surface area contributed by atoms with E-state index in [1.54, 1.807) is 23.7 Å². The zero-order valence-electron chi connectivity index (χ0n) is 20.3. The van der Waals surface area contributed by atoms with E-state index >= 15 is 0 Å². The lowest BCUT2D eigenvalue weighted by atomic mass is 9.70. The summed E-state index contributed by atoms with van der Waals surface area (Å²) in [7, 11) is 1.59. The van der Waals surface area contributed by atoms with Crippen molar-refractivity contribution in [3.05, 3.63) is 29.3 Å².